The molecule has 2 N–H and O–H groups in total. The molecule has 2 aliphatic rings. The van der Waals surface area contributed by atoms with Gasteiger partial charge in [-0.05, 0) is 51.2 Å². The molecule has 0 aromatic heterocycles. The fourth-order valence-electron chi connectivity index (χ4n) is 3.16. The molecule has 0 amide bonds. The third-order valence-corrected chi connectivity index (χ3v) is 4.35. The zero-order chi connectivity index (χ0) is 11.4. The van der Waals surface area contributed by atoms with Crippen molar-refractivity contribution in [2.45, 2.75) is 51.2 Å². The molecule has 2 heterocycles. The van der Waals surface area contributed by atoms with E-state index in [2.05, 4.69) is 17.6 Å². The number of rotatable bonds is 3. The summed E-state index contributed by atoms with van der Waals surface area (Å²) in [5.74, 6) is 0.698. The molecule has 0 aliphatic carbocycles. The molecule has 0 bridgehead atoms. The Balaban J connectivity index is 1.84. The molecule has 3 nitrogen and oxygen atoms in total. The highest BCUT2D eigenvalue weighted by atomic mass is 16.3. The molecule has 2 rings (SSSR count). The van der Waals surface area contributed by atoms with Gasteiger partial charge in [0.05, 0.1) is 6.10 Å². The van der Waals surface area contributed by atoms with Gasteiger partial charge >= 0.3 is 0 Å². The largest absolute Gasteiger partial charge is 0.317 e. The van der Waals surface area contributed by atoms with Crippen molar-refractivity contribution in [1.82, 2.24) is 10.6 Å². The van der Waals surface area contributed by atoms with Gasteiger partial charge in [-0.15, -0.1) is 0 Å². The van der Waals surface area contributed by atoms with Crippen LogP contribution >= 0.6 is 0 Å². The van der Waals surface area contributed by atoms with Crippen LogP contribution in [0, 0.1) is 11.8 Å². The number of piperidine rings is 2. The van der Waals surface area contributed by atoms with Crippen LogP contribution in [0.5, 0.6) is 0 Å². The zero-order valence-electron chi connectivity index (χ0n) is 10.4. The van der Waals surface area contributed by atoms with Gasteiger partial charge in [0.25, 0.3) is 0 Å². The van der Waals surface area contributed by atoms with E-state index in [0.29, 0.717) is 17.9 Å². The van der Waals surface area contributed by atoms with Crippen molar-refractivity contribution in [3.05, 3.63) is 0 Å². The van der Waals surface area contributed by atoms with E-state index in [-0.39, 0.29) is 6.10 Å². The lowest BCUT2D eigenvalue weighted by Crippen LogP contribution is -2.46. The quantitative estimate of drug-likeness (QED) is 0.765. The maximum absolute atomic E-state index is 12.4. The van der Waals surface area contributed by atoms with Gasteiger partial charge < -0.3 is 10.6 Å². The minimum absolute atomic E-state index is 0.295. The molecule has 3 unspecified atom stereocenters. The first-order valence-electron chi connectivity index (χ1n) is 6.89. The Bertz CT molecular complexity index is 176. The molecular formula is C13H25N2O. The van der Waals surface area contributed by atoms with E-state index in [1.807, 2.05) is 0 Å². The van der Waals surface area contributed by atoms with Crippen molar-refractivity contribution in [1.29, 1.82) is 0 Å². The first-order chi connectivity index (χ1) is 7.79. The molecule has 0 saturated carbocycles. The monoisotopic (exact) mass is 225 g/mol. The van der Waals surface area contributed by atoms with Gasteiger partial charge in [0, 0.05) is 12.0 Å². The molecule has 2 saturated heterocycles. The van der Waals surface area contributed by atoms with Gasteiger partial charge in [-0.3, -0.25) is 0 Å². The molecule has 2 fully saturated rings. The summed E-state index contributed by atoms with van der Waals surface area (Å²) in [5, 5.41) is 19.3. The van der Waals surface area contributed by atoms with E-state index in [1.165, 1.54) is 19.3 Å². The summed E-state index contributed by atoms with van der Waals surface area (Å²) < 4.78 is 0. The van der Waals surface area contributed by atoms with Crippen LogP contribution in [0.25, 0.3) is 0 Å². The predicted octanol–water partition coefficient (Wildman–Crippen LogP) is 1.56. The minimum Gasteiger partial charge on any atom is -0.317 e. The van der Waals surface area contributed by atoms with Crippen molar-refractivity contribution < 1.29 is 5.11 Å². The predicted molar refractivity (Wildman–Crippen MR) is 64.9 cm³/mol. The Morgan fingerprint density at radius 1 is 1.06 bits per heavy atom. The van der Waals surface area contributed by atoms with Gasteiger partial charge in [-0.25, -0.2) is 5.11 Å². The van der Waals surface area contributed by atoms with Crippen LogP contribution in [-0.4, -0.2) is 31.8 Å². The molecule has 0 spiro atoms. The summed E-state index contributed by atoms with van der Waals surface area (Å²) in [7, 11) is 0. The second-order valence-electron chi connectivity index (χ2n) is 5.47. The van der Waals surface area contributed by atoms with E-state index >= 15 is 0 Å². The Morgan fingerprint density at radius 3 is 2.44 bits per heavy atom. The lowest BCUT2D eigenvalue weighted by Gasteiger charge is -2.35. The molecule has 93 valence electrons. The molecule has 0 aromatic rings. The minimum atomic E-state index is -0.363. The SMILES string of the molecule is CC(C1CCCCN1)C([O])C1CCNCC1. The van der Waals surface area contributed by atoms with Crippen molar-refractivity contribution in [3.63, 3.8) is 0 Å². The first-order valence-corrected chi connectivity index (χ1v) is 6.89. The molecule has 0 aromatic carbocycles. The number of hydrogen-bond donors (Lipinski definition) is 2. The van der Waals surface area contributed by atoms with Crippen LogP contribution in [0.4, 0.5) is 0 Å². The molecule has 3 heteroatoms. The summed E-state index contributed by atoms with van der Waals surface area (Å²) in [6, 6.07) is 0.478. The standard InChI is InChI=1S/C13H25N2O/c1-10(12-4-2-3-7-15-12)13(16)11-5-8-14-9-6-11/h10-15H,2-9H2,1H3. The summed E-state index contributed by atoms with van der Waals surface area (Å²) in [6.07, 6.45) is 5.56. The van der Waals surface area contributed by atoms with E-state index < -0.39 is 0 Å². The molecule has 3 atom stereocenters. The van der Waals surface area contributed by atoms with E-state index in [4.69, 9.17) is 0 Å². The van der Waals surface area contributed by atoms with E-state index in [9.17, 15) is 5.11 Å². The van der Waals surface area contributed by atoms with Gasteiger partial charge in [0.2, 0.25) is 0 Å². The second-order valence-corrected chi connectivity index (χ2v) is 5.47. The molecule has 1 radical (unpaired) electrons. The smallest absolute Gasteiger partial charge is 0.0999 e. The van der Waals surface area contributed by atoms with Crippen molar-refractivity contribution in [3.8, 4) is 0 Å². The third kappa shape index (κ3) is 2.96. The first kappa shape index (κ1) is 12.3. The van der Waals surface area contributed by atoms with Crippen molar-refractivity contribution in [2.75, 3.05) is 19.6 Å². The maximum Gasteiger partial charge on any atom is 0.0999 e. The summed E-state index contributed by atoms with van der Waals surface area (Å²) >= 11 is 0. The highest BCUT2D eigenvalue weighted by Crippen LogP contribution is 2.27. The summed E-state index contributed by atoms with van der Waals surface area (Å²) in [6.45, 7) is 5.33. The Kier molecular flexibility index (Phi) is 4.62. The van der Waals surface area contributed by atoms with Crippen LogP contribution in [0.2, 0.25) is 0 Å². The Hall–Kier alpha value is -0.120. The molecule has 2 aliphatic heterocycles. The normalized spacial score (nSPS) is 32.2. The van der Waals surface area contributed by atoms with Gasteiger partial charge in [0.15, 0.2) is 0 Å². The Labute approximate surface area is 99.0 Å². The van der Waals surface area contributed by atoms with Gasteiger partial charge in [-0.2, -0.15) is 0 Å². The van der Waals surface area contributed by atoms with E-state index in [0.717, 1.165) is 32.5 Å². The number of hydrogen-bond acceptors (Lipinski definition) is 2. The second kappa shape index (κ2) is 5.99. The summed E-state index contributed by atoms with van der Waals surface area (Å²) in [4.78, 5) is 0. The fraction of sp³-hybridized carbons (Fsp3) is 1.00. The fourth-order valence-corrected chi connectivity index (χ4v) is 3.16. The topological polar surface area (TPSA) is 44.0 Å². The van der Waals surface area contributed by atoms with Gasteiger partial charge in [0.1, 0.15) is 0 Å². The van der Waals surface area contributed by atoms with Crippen LogP contribution < -0.4 is 10.6 Å². The van der Waals surface area contributed by atoms with Crippen LogP contribution in [0.3, 0.4) is 0 Å². The van der Waals surface area contributed by atoms with Gasteiger partial charge in [-0.1, -0.05) is 13.3 Å². The third-order valence-electron chi connectivity index (χ3n) is 4.35. The summed E-state index contributed by atoms with van der Waals surface area (Å²) in [5.41, 5.74) is 0. The average Bonchev–Trinajstić information content (AvgIpc) is 2.39. The lowest BCUT2D eigenvalue weighted by molar-refractivity contribution is -0.0290. The molecular weight excluding hydrogens is 200 g/mol. The van der Waals surface area contributed by atoms with E-state index in [1.54, 1.807) is 0 Å². The van der Waals surface area contributed by atoms with Crippen molar-refractivity contribution in [2.24, 2.45) is 11.8 Å². The average molecular weight is 225 g/mol. The van der Waals surface area contributed by atoms with Crippen molar-refractivity contribution >= 4 is 0 Å². The molecule has 16 heavy (non-hydrogen) atoms. The lowest BCUT2D eigenvalue weighted by atomic mass is 9.80. The van der Waals surface area contributed by atoms with Crippen LogP contribution in [0.1, 0.15) is 39.0 Å². The highest BCUT2D eigenvalue weighted by Gasteiger charge is 2.32. The highest BCUT2D eigenvalue weighted by molar-refractivity contribution is 4.86. The van der Waals surface area contributed by atoms with Crippen LogP contribution in [0.15, 0.2) is 0 Å². The van der Waals surface area contributed by atoms with Crippen LogP contribution in [-0.2, 0) is 5.11 Å². The zero-order valence-corrected chi connectivity index (χ0v) is 10.4. The number of nitrogens with one attached hydrogen (secondary N) is 2. The maximum atomic E-state index is 12.4. The Morgan fingerprint density at radius 2 is 1.81 bits per heavy atom.